The molecule has 0 spiro atoms. The Balaban J connectivity index is 2.07. The minimum atomic E-state index is -0.549. The van der Waals surface area contributed by atoms with Crippen LogP contribution in [-0.4, -0.2) is 33.0 Å². The average molecular weight is 264 g/mol. The van der Waals surface area contributed by atoms with Gasteiger partial charge in [0, 0.05) is 19.7 Å². The second kappa shape index (κ2) is 5.55. The van der Waals surface area contributed by atoms with Crippen LogP contribution in [0.25, 0.3) is 0 Å². The quantitative estimate of drug-likeness (QED) is 0.835. The Bertz CT molecular complexity index is 585. The SMILES string of the molecule is CCc1nc(CN(C)C(=O)c2cncc(F)c2)no1. The molecule has 7 heteroatoms. The van der Waals surface area contributed by atoms with Crippen molar-refractivity contribution >= 4 is 5.91 Å². The molecule has 1 amide bonds. The minimum Gasteiger partial charge on any atom is -0.339 e. The molecule has 0 unspecified atom stereocenters. The molecule has 0 aliphatic heterocycles. The summed E-state index contributed by atoms with van der Waals surface area (Å²) in [5.74, 6) is 0.0299. The third kappa shape index (κ3) is 3.12. The van der Waals surface area contributed by atoms with Crippen molar-refractivity contribution in [2.75, 3.05) is 7.05 Å². The fraction of sp³-hybridized carbons (Fsp3) is 0.333. The van der Waals surface area contributed by atoms with E-state index in [9.17, 15) is 9.18 Å². The second-order valence-corrected chi connectivity index (χ2v) is 4.01. The average Bonchev–Trinajstić information content (AvgIpc) is 2.85. The van der Waals surface area contributed by atoms with E-state index in [1.807, 2.05) is 6.92 Å². The predicted molar refractivity (Wildman–Crippen MR) is 63.7 cm³/mol. The van der Waals surface area contributed by atoms with Gasteiger partial charge in [-0.1, -0.05) is 12.1 Å². The fourth-order valence-electron chi connectivity index (χ4n) is 1.53. The predicted octanol–water partition coefficient (Wildman–Crippen LogP) is 1.44. The van der Waals surface area contributed by atoms with Crippen LogP contribution in [0, 0.1) is 5.82 Å². The third-order valence-electron chi connectivity index (χ3n) is 2.49. The molecule has 0 N–H and O–H groups in total. The number of hydrogen-bond donors (Lipinski definition) is 0. The monoisotopic (exact) mass is 264 g/mol. The third-order valence-corrected chi connectivity index (χ3v) is 2.49. The first-order valence-electron chi connectivity index (χ1n) is 5.77. The van der Waals surface area contributed by atoms with Gasteiger partial charge in [-0.15, -0.1) is 0 Å². The van der Waals surface area contributed by atoms with Crippen LogP contribution < -0.4 is 0 Å². The van der Waals surface area contributed by atoms with E-state index in [1.165, 1.54) is 11.1 Å². The lowest BCUT2D eigenvalue weighted by Gasteiger charge is -2.14. The molecule has 6 nitrogen and oxygen atoms in total. The Labute approximate surface area is 109 Å². The van der Waals surface area contributed by atoms with Crippen LogP contribution in [0.2, 0.25) is 0 Å². The first kappa shape index (κ1) is 13.1. The van der Waals surface area contributed by atoms with E-state index in [0.29, 0.717) is 18.1 Å². The number of pyridine rings is 1. The van der Waals surface area contributed by atoms with Crippen molar-refractivity contribution in [2.45, 2.75) is 19.9 Å². The smallest absolute Gasteiger partial charge is 0.255 e. The minimum absolute atomic E-state index is 0.182. The molecule has 0 aromatic carbocycles. The highest BCUT2D eigenvalue weighted by Crippen LogP contribution is 2.07. The number of carbonyl (C=O) groups is 1. The number of halogens is 1. The highest BCUT2D eigenvalue weighted by atomic mass is 19.1. The van der Waals surface area contributed by atoms with Gasteiger partial charge in [0.1, 0.15) is 5.82 Å². The Morgan fingerprint density at radius 2 is 2.26 bits per heavy atom. The summed E-state index contributed by atoms with van der Waals surface area (Å²) >= 11 is 0. The van der Waals surface area contributed by atoms with Crippen molar-refractivity contribution < 1.29 is 13.7 Å². The molecular formula is C12H13FN4O2. The molecule has 2 aromatic heterocycles. The number of aryl methyl sites for hydroxylation is 1. The number of hydrogen-bond acceptors (Lipinski definition) is 5. The molecule has 2 aromatic rings. The van der Waals surface area contributed by atoms with Gasteiger partial charge in [-0.3, -0.25) is 9.78 Å². The zero-order chi connectivity index (χ0) is 13.8. The number of rotatable bonds is 4. The normalized spacial score (nSPS) is 10.5. The van der Waals surface area contributed by atoms with Gasteiger partial charge in [0.15, 0.2) is 5.82 Å². The molecule has 0 bridgehead atoms. The van der Waals surface area contributed by atoms with E-state index in [-0.39, 0.29) is 18.0 Å². The van der Waals surface area contributed by atoms with Crippen LogP contribution in [0.4, 0.5) is 4.39 Å². The van der Waals surface area contributed by atoms with E-state index in [4.69, 9.17) is 4.52 Å². The molecule has 2 rings (SSSR count). The number of nitrogens with zero attached hydrogens (tertiary/aromatic N) is 4. The maximum atomic E-state index is 13.0. The maximum Gasteiger partial charge on any atom is 0.255 e. The molecule has 19 heavy (non-hydrogen) atoms. The molecule has 0 aliphatic carbocycles. The van der Waals surface area contributed by atoms with Gasteiger partial charge < -0.3 is 9.42 Å². The molecule has 0 saturated carbocycles. The van der Waals surface area contributed by atoms with Gasteiger partial charge in [0.25, 0.3) is 5.91 Å². The number of amides is 1. The van der Waals surface area contributed by atoms with E-state index in [1.54, 1.807) is 7.05 Å². The summed E-state index contributed by atoms with van der Waals surface area (Å²) in [6, 6.07) is 1.14. The largest absolute Gasteiger partial charge is 0.339 e. The van der Waals surface area contributed by atoms with Crippen molar-refractivity contribution in [2.24, 2.45) is 0 Å². The second-order valence-electron chi connectivity index (χ2n) is 4.01. The summed E-state index contributed by atoms with van der Waals surface area (Å²) < 4.78 is 17.9. The molecular weight excluding hydrogens is 251 g/mol. The Morgan fingerprint density at radius 1 is 1.47 bits per heavy atom. The highest BCUT2D eigenvalue weighted by molar-refractivity contribution is 5.93. The summed E-state index contributed by atoms with van der Waals surface area (Å²) in [7, 11) is 1.58. The summed E-state index contributed by atoms with van der Waals surface area (Å²) in [6.07, 6.45) is 3.00. The summed E-state index contributed by atoms with van der Waals surface area (Å²) in [4.78, 5) is 21.1. The van der Waals surface area contributed by atoms with Crippen LogP contribution in [0.5, 0.6) is 0 Å². The Morgan fingerprint density at radius 3 is 2.89 bits per heavy atom. The van der Waals surface area contributed by atoms with Gasteiger partial charge in [-0.2, -0.15) is 4.98 Å². The van der Waals surface area contributed by atoms with Crippen molar-refractivity contribution in [3.63, 3.8) is 0 Å². The van der Waals surface area contributed by atoms with Crippen molar-refractivity contribution in [3.05, 3.63) is 41.6 Å². The van der Waals surface area contributed by atoms with Crippen LogP contribution in [-0.2, 0) is 13.0 Å². The van der Waals surface area contributed by atoms with E-state index in [2.05, 4.69) is 15.1 Å². The lowest BCUT2D eigenvalue weighted by molar-refractivity contribution is 0.0779. The van der Waals surface area contributed by atoms with Gasteiger partial charge in [0.05, 0.1) is 18.3 Å². The Kier molecular flexibility index (Phi) is 3.84. The van der Waals surface area contributed by atoms with Crippen LogP contribution in [0.1, 0.15) is 29.0 Å². The summed E-state index contributed by atoms with van der Waals surface area (Å²) in [5.41, 5.74) is 0.182. The van der Waals surface area contributed by atoms with Crippen LogP contribution in [0.3, 0.4) is 0 Å². The fourth-order valence-corrected chi connectivity index (χ4v) is 1.53. The van der Waals surface area contributed by atoms with Gasteiger partial charge in [-0.25, -0.2) is 4.39 Å². The lowest BCUT2D eigenvalue weighted by Crippen LogP contribution is -2.27. The lowest BCUT2D eigenvalue weighted by atomic mass is 10.2. The first-order chi connectivity index (χ1) is 9.10. The summed E-state index contributed by atoms with van der Waals surface area (Å²) in [5, 5.41) is 3.75. The van der Waals surface area contributed by atoms with Crippen molar-refractivity contribution in [1.29, 1.82) is 0 Å². The standard InChI is InChI=1S/C12H13FN4O2/c1-3-11-15-10(16-19-11)7-17(2)12(18)8-4-9(13)6-14-5-8/h4-6H,3,7H2,1-2H3. The van der Waals surface area contributed by atoms with E-state index in [0.717, 1.165) is 12.3 Å². The van der Waals surface area contributed by atoms with Crippen LogP contribution in [0.15, 0.2) is 23.0 Å². The molecule has 0 fully saturated rings. The molecule has 0 aliphatic rings. The van der Waals surface area contributed by atoms with Crippen molar-refractivity contribution in [1.82, 2.24) is 20.0 Å². The van der Waals surface area contributed by atoms with Gasteiger partial charge in [0.2, 0.25) is 5.89 Å². The van der Waals surface area contributed by atoms with Gasteiger partial charge >= 0.3 is 0 Å². The molecule has 0 atom stereocenters. The molecule has 0 saturated heterocycles. The van der Waals surface area contributed by atoms with E-state index < -0.39 is 5.82 Å². The maximum absolute atomic E-state index is 13.0. The molecule has 2 heterocycles. The zero-order valence-corrected chi connectivity index (χ0v) is 10.6. The molecule has 0 radical (unpaired) electrons. The first-order valence-corrected chi connectivity index (χ1v) is 5.77. The van der Waals surface area contributed by atoms with E-state index >= 15 is 0 Å². The zero-order valence-electron chi connectivity index (χ0n) is 10.6. The topological polar surface area (TPSA) is 72.1 Å². The van der Waals surface area contributed by atoms with Crippen molar-refractivity contribution in [3.8, 4) is 0 Å². The van der Waals surface area contributed by atoms with Gasteiger partial charge in [-0.05, 0) is 6.07 Å². The summed E-state index contributed by atoms with van der Waals surface area (Å²) in [6.45, 7) is 2.09. The highest BCUT2D eigenvalue weighted by Gasteiger charge is 2.15. The molecule has 100 valence electrons. The Hall–Kier alpha value is -2.31. The number of aromatic nitrogens is 3. The number of carbonyl (C=O) groups excluding carboxylic acids is 1. The van der Waals surface area contributed by atoms with Crippen LogP contribution >= 0.6 is 0 Å².